The number of aryl methyl sites for hydroxylation is 1. The summed E-state index contributed by atoms with van der Waals surface area (Å²) in [6.45, 7) is 3.82. The topological polar surface area (TPSA) is 33.2 Å². The van der Waals surface area contributed by atoms with Gasteiger partial charge >= 0.3 is 0 Å². The molecule has 2 aromatic rings. The van der Waals surface area contributed by atoms with Crippen molar-refractivity contribution in [2.45, 2.75) is 39.0 Å². The Morgan fingerprint density at radius 1 is 1.12 bits per heavy atom. The molecule has 0 N–H and O–H groups in total. The van der Waals surface area contributed by atoms with E-state index in [1.54, 1.807) is 11.3 Å². The molecule has 3 nitrogen and oxygen atoms in total. The summed E-state index contributed by atoms with van der Waals surface area (Å²) in [5, 5.41) is 0.948. The molecule has 1 aliphatic carbocycles. The standard InChI is InChI=1S/C20H24N2OS/c1-14-18(24-19(21-14)16-8-3-2-4-9-16)20(23)22-12-11-15-7-5-6-10-17(15)13-22/h2-4,8-9,15,17H,5-7,10-13H2,1H3/t15-,17-/m1/s1. The number of rotatable bonds is 2. The summed E-state index contributed by atoms with van der Waals surface area (Å²) >= 11 is 1.54. The van der Waals surface area contributed by atoms with E-state index in [9.17, 15) is 4.79 Å². The normalized spacial score (nSPS) is 23.8. The molecule has 126 valence electrons. The third kappa shape index (κ3) is 3.00. The molecule has 4 heteroatoms. The molecule has 2 heterocycles. The molecule has 24 heavy (non-hydrogen) atoms. The smallest absolute Gasteiger partial charge is 0.265 e. The average molecular weight is 340 g/mol. The monoisotopic (exact) mass is 340 g/mol. The lowest BCUT2D eigenvalue weighted by Crippen LogP contribution is -2.44. The molecule has 0 radical (unpaired) electrons. The van der Waals surface area contributed by atoms with Crippen LogP contribution in [0.1, 0.15) is 47.5 Å². The van der Waals surface area contributed by atoms with E-state index in [0.717, 1.165) is 46.1 Å². The van der Waals surface area contributed by atoms with Crippen LogP contribution in [0.15, 0.2) is 30.3 Å². The molecule has 2 fully saturated rings. The van der Waals surface area contributed by atoms with Crippen LogP contribution in [-0.2, 0) is 0 Å². The van der Waals surface area contributed by atoms with Gasteiger partial charge < -0.3 is 4.90 Å². The number of fused-ring (bicyclic) bond motifs is 1. The van der Waals surface area contributed by atoms with Gasteiger partial charge in [0.2, 0.25) is 0 Å². The molecule has 0 bridgehead atoms. The number of carbonyl (C=O) groups excluding carboxylic acids is 1. The first-order valence-electron chi connectivity index (χ1n) is 9.04. The predicted molar refractivity (Wildman–Crippen MR) is 98.3 cm³/mol. The fraction of sp³-hybridized carbons (Fsp3) is 0.500. The maximum Gasteiger partial charge on any atom is 0.265 e. The van der Waals surface area contributed by atoms with Gasteiger partial charge in [-0.2, -0.15) is 0 Å². The zero-order valence-corrected chi connectivity index (χ0v) is 15.0. The molecule has 1 amide bonds. The Labute approximate surface area is 147 Å². The van der Waals surface area contributed by atoms with Crippen LogP contribution in [-0.4, -0.2) is 28.9 Å². The molecule has 0 unspecified atom stereocenters. The highest BCUT2D eigenvalue weighted by Gasteiger charge is 2.34. The first-order chi connectivity index (χ1) is 11.7. The van der Waals surface area contributed by atoms with Crippen molar-refractivity contribution < 1.29 is 4.79 Å². The van der Waals surface area contributed by atoms with Gasteiger partial charge in [0.15, 0.2) is 0 Å². The van der Waals surface area contributed by atoms with E-state index in [-0.39, 0.29) is 5.91 Å². The summed E-state index contributed by atoms with van der Waals surface area (Å²) < 4.78 is 0. The zero-order valence-electron chi connectivity index (χ0n) is 14.2. The van der Waals surface area contributed by atoms with Gasteiger partial charge in [-0.1, -0.05) is 49.6 Å². The molecule has 1 aromatic carbocycles. The summed E-state index contributed by atoms with van der Waals surface area (Å²) in [5.74, 6) is 1.76. The van der Waals surface area contributed by atoms with E-state index >= 15 is 0 Å². The van der Waals surface area contributed by atoms with E-state index in [1.807, 2.05) is 25.1 Å². The highest BCUT2D eigenvalue weighted by atomic mass is 32.1. The Hall–Kier alpha value is -1.68. The van der Waals surface area contributed by atoms with Gasteiger partial charge in [0.25, 0.3) is 5.91 Å². The number of piperidine rings is 1. The van der Waals surface area contributed by atoms with E-state index in [2.05, 4.69) is 22.0 Å². The van der Waals surface area contributed by atoms with Gasteiger partial charge in [0.05, 0.1) is 5.69 Å². The third-order valence-corrected chi connectivity index (χ3v) is 6.78. The second kappa shape index (κ2) is 6.67. The van der Waals surface area contributed by atoms with E-state index in [0.29, 0.717) is 0 Å². The quantitative estimate of drug-likeness (QED) is 0.789. The van der Waals surface area contributed by atoms with Crippen molar-refractivity contribution in [1.82, 2.24) is 9.88 Å². The number of aromatic nitrogens is 1. The van der Waals surface area contributed by atoms with Crippen LogP contribution in [0.2, 0.25) is 0 Å². The fourth-order valence-electron chi connectivity index (χ4n) is 4.23. The maximum absolute atomic E-state index is 13.0. The van der Waals surface area contributed by atoms with Crippen LogP contribution in [0.25, 0.3) is 10.6 Å². The molecule has 2 atom stereocenters. The van der Waals surface area contributed by atoms with Crippen molar-refractivity contribution in [2.75, 3.05) is 13.1 Å². The van der Waals surface area contributed by atoms with Crippen LogP contribution in [0.5, 0.6) is 0 Å². The van der Waals surface area contributed by atoms with E-state index in [1.165, 1.54) is 32.1 Å². The number of carbonyl (C=O) groups is 1. The summed E-state index contributed by atoms with van der Waals surface area (Å²) in [6.07, 6.45) is 6.56. The first kappa shape index (κ1) is 15.8. The van der Waals surface area contributed by atoms with Gasteiger partial charge in [0.1, 0.15) is 9.88 Å². The number of hydrogen-bond donors (Lipinski definition) is 0. The highest BCUT2D eigenvalue weighted by molar-refractivity contribution is 7.17. The Kier molecular flexibility index (Phi) is 4.40. The van der Waals surface area contributed by atoms with E-state index in [4.69, 9.17) is 0 Å². The lowest BCUT2D eigenvalue weighted by Gasteiger charge is -2.41. The second-order valence-corrected chi connectivity index (χ2v) is 8.14. The van der Waals surface area contributed by atoms with Crippen molar-refractivity contribution in [3.05, 3.63) is 40.9 Å². The van der Waals surface area contributed by atoms with Crippen molar-refractivity contribution in [3.8, 4) is 10.6 Å². The van der Waals surface area contributed by atoms with Crippen LogP contribution in [0.4, 0.5) is 0 Å². The molecule has 1 saturated heterocycles. The molecule has 1 aromatic heterocycles. The molecule has 2 aliphatic rings. The van der Waals surface area contributed by atoms with Crippen molar-refractivity contribution in [3.63, 3.8) is 0 Å². The number of hydrogen-bond acceptors (Lipinski definition) is 3. The van der Waals surface area contributed by atoms with Crippen molar-refractivity contribution >= 4 is 17.2 Å². The van der Waals surface area contributed by atoms with Gasteiger partial charge in [-0.25, -0.2) is 4.98 Å². The Balaban J connectivity index is 1.53. The largest absolute Gasteiger partial charge is 0.338 e. The molecular weight excluding hydrogens is 316 g/mol. The minimum atomic E-state index is 0.191. The molecular formula is C20H24N2OS. The predicted octanol–water partition coefficient (Wildman–Crippen LogP) is 4.77. The zero-order chi connectivity index (χ0) is 16.5. The molecule has 4 rings (SSSR count). The molecule has 0 spiro atoms. The van der Waals surface area contributed by atoms with Gasteiger partial charge in [-0.15, -0.1) is 11.3 Å². The lowest BCUT2D eigenvalue weighted by atomic mass is 9.75. The number of thiazole rings is 1. The maximum atomic E-state index is 13.0. The minimum absolute atomic E-state index is 0.191. The molecule has 1 aliphatic heterocycles. The average Bonchev–Trinajstić information content (AvgIpc) is 3.03. The fourth-order valence-corrected chi connectivity index (χ4v) is 5.27. The highest BCUT2D eigenvalue weighted by Crippen LogP contribution is 2.37. The van der Waals surface area contributed by atoms with Crippen molar-refractivity contribution in [2.24, 2.45) is 11.8 Å². The van der Waals surface area contributed by atoms with Crippen LogP contribution in [0, 0.1) is 18.8 Å². The SMILES string of the molecule is Cc1nc(-c2ccccc2)sc1C(=O)N1CC[C@H]2CCCC[C@@H]2C1. The Bertz CT molecular complexity index is 724. The van der Waals surface area contributed by atoms with Crippen LogP contribution >= 0.6 is 11.3 Å². The second-order valence-electron chi connectivity index (χ2n) is 7.14. The summed E-state index contributed by atoms with van der Waals surface area (Å²) in [6, 6.07) is 10.1. The summed E-state index contributed by atoms with van der Waals surface area (Å²) in [5.41, 5.74) is 1.96. The van der Waals surface area contributed by atoms with Crippen LogP contribution in [0.3, 0.4) is 0 Å². The summed E-state index contributed by atoms with van der Waals surface area (Å²) in [7, 11) is 0. The number of nitrogens with zero attached hydrogens (tertiary/aromatic N) is 2. The van der Waals surface area contributed by atoms with Crippen LogP contribution < -0.4 is 0 Å². The van der Waals surface area contributed by atoms with Gasteiger partial charge in [-0.05, 0) is 31.6 Å². The lowest BCUT2D eigenvalue weighted by molar-refractivity contribution is 0.0524. The number of benzene rings is 1. The summed E-state index contributed by atoms with van der Waals surface area (Å²) in [4.78, 5) is 20.6. The Morgan fingerprint density at radius 3 is 2.67 bits per heavy atom. The van der Waals surface area contributed by atoms with Gasteiger partial charge in [0, 0.05) is 18.7 Å². The Morgan fingerprint density at radius 2 is 1.88 bits per heavy atom. The first-order valence-corrected chi connectivity index (χ1v) is 9.86. The minimum Gasteiger partial charge on any atom is -0.338 e. The number of amides is 1. The van der Waals surface area contributed by atoms with Gasteiger partial charge in [-0.3, -0.25) is 4.79 Å². The molecule has 1 saturated carbocycles. The van der Waals surface area contributed by atoms with Crippen molar-refractivity contribution in [1.29, 1.82) is 0 Å². The third-order valence-electron chi connectivity index (χ3n) is 5.59. The van der Waals surface area contributed by atoms with E-state index < -0.39 is 0 Å². The number of likely N-dealkylation sites (tertiary alicyclic amines) is 1.